The molecule has 0 saturated heterocycles. The second kappa shape index (κ2) is 3.86. The summed E-state index contributed by atoms with van der Waals surface area (Å²) >= 11 is 0. The van der Waals surface area contributed by atoms with E-state index in [-0.39, 0.29) is 0 Å². The minimum Gasteiger partial charge on any atom is -0.480 e. The first-order chi connectivity index (χ1) is 6.13. The summed E-state index contributed by atoms with van der Waals surface area (Å²) in [6.45, 7) is 1.51. The Bertz CT molecular complexity index is 289. The van der Waals surface area contributed by atoms with Crippen LogP contribution in [0.5, 0.6) is 0 Å². The summed E-state index contributed by atoms with van der Waals surface area (Å²) in [5, 5.41) is 9.83. The third-order valence-corrected chi connectivity index (χ3v) is 1.72. The molecule has 1 aromatic heterocycles. The highest BCUT2D eigenvalue weighted by atomic mass is 16.4. The van der Waals surface area contributed by atoms with E-state index in [1.165, 1.54) is 13.1 Å². The van der Waals surface area contributed by atoms with Crippen molar-refractivity contribution < 1.29 is 9.90 Å². The number of nitrogens with two attached hydrogens (primary N) is 1. The molecule has 0 aliphatic heterocycles. The maximum atomic E-state index is 10.6. The number of carboxylic acid groups (broad SMARTS) is 1. The van der Waals surface area contributed by atoms with Gasteiger partial charge in [-0.3, -0.25) is 9.99 Å². The maximum Gasteiger partial charge on any atom is 0.327 e. The lowest BCUT2D eigenvalue weighted by Crippen LogP contribution is -2.44. The Morgan fingerprint density at radius 2 is 2.46 bits per heavy atom. The molecule has 3 N–H and O–H groups in total. The zero-order chi connectivity index (χ0) is 9.84. The summed E-state index contributed by atoms with van der Waals surface area (Å²) in [6, 6.07) is 2.64. The highest BCUT2D eigenvalue weighted by Gasteiger charge is 2.17. The van der Waals surface area contributed by atoms with Crippen LogP contribution in [0.25, 0.3) is 0 Å². The Hall–Kier alpha value is -1.62. The number of aliphatic carboxylic acids is 1. The van der Waals surface area contributed by atoms with Crippen LogP contribution in [0.1, 0.15) is 6.92 Å². The fraction of sp³-hybridized carbons (Fsp3) is 0.250. The standard InChI is InChI=1S/C8H11N3O2/c1-6(8(12)13)11(9)7-3-2-4-10-5-7/h2-6H,9H2,1H3,(H,12,13)/t6-/m0/s1. The maximum absolute atomic E-state index is 10.6. The topological polar surface area (TPSA) is 79.5 Å². The number of hydrogen-bond donors (Lipinski definition) is 2. The van der Waals surface area contributed by atoms with E-state index in [2.05, 4.69) is 4.98 Å². The summed E-state index contributed by atoms with van der Waals surface area (Å²) in [6.07, 6.45) is 3.11. The quantitative estimate of drug-likeness (QED) is 0.515. The van der Waals surface area contributed by atoms with E-state index in [9.17, 15) is 4.79 Å². The van der Waals surface area contributed by atoms with E-state index in [0.717, 1.165) is 5.01 Å². The lowest BCUT2D eigenvalue weighted by molar-refractivity contribution is -0.138. The van der Waals surface area contributed by atoms with Gasteiger partial charge in [-0.15, -0.1) is 0 Å². The molecule has 0 amide bonds. The summed E-state index contributed by atoms with van der Waals surface area (Å²) in [5.41, 5.74) is 0.581. The van der Waals surface area contributed by atoms with Crippen molar-refractivity contribution in [1.82, 2.24) is 4.98 Å². The summed E-state index contributed by atoms with van der Waals surface area (Å²) < 4.78 is 0. The van der Waals surface area contributed by atoms with Gasteiger partial charge < -0.3 is 5.11 Å². The van der Waals surface area contributed by atoms with Gasteiger partial charge in [0.2, 0.25) is 0 Å². The van der Waals surface area contributed by atoms with Crippen molar-refractivity contribution in [2.45, 2.75) is 13.0 Å². The first-order valence-electron chi connectivity index (χ1n) is 3.79. The molecular weight excluding hydrogens is 170 g/mol. The number of rotatable bonds is 3. The molecule has 5 heteroatoms. The number of pyridine rings is 1. The number of aromatic nitrogens is 1. The average Bonchev–Trinajstić information content (AvgIpc) is 2.17. The molecule has 0 saturated carbocycles. The molecule has 1 atom stereocenters. The van der Waals surface area contributed by atoms with E-state index in [1.54, 1.807) is 18.3 Å². The highest BCUT2D eigenvalue weighted by molar-refractivity contribution is 5.77. The number of anilines is 1. The first kappa shape index (κ1) is 9.47. The van der Waals surface area contributed by atoms with Crippen LogP contribution in [0.2, 0.25) is 0 Å². The van der Waals surface area contributed by atoms with Crippen LogP contribution in [0.3, 0.4) is 0 Å². The fourth-order valence-electron chi connectivity index (χ4n) is 0.849. The van der Waals surface area contributed by atoms with E-state index in [4.69, 9.17) is 10.9 Å². The van der Waals surface area contributed by atoms with Crippen molar-refractivity contribution in [3.8, 4) is 0 Å². The molecule has 0 unspecified atom stereocenters. The van der Waals surface area contributed by atoms with Crippen molar-refractivity contribution in [2.24, 2.45) is 5.84 Å². The molecule has 13 heavy (non-hydrogen) atoms. The van der Waals surface area contributed by atoms with Crippen LogP contribution in [0, 0.1) is 0 Å². The van der Waals surface area contributed by atoms with Gasteiger partial charge in [0.1, 0.15) is 6.04 Å². The molecule has 0 aliphatic carbocycles. The minimum atomic E-state index is -0.966. The lowest BCUT2D eigenvalue weighted by Gasteiger charge is -2.22. The van der Waals surface area contributed by atoms with Gasteiger partial charge in [0.25, 0.3) is 0 Å². The highest BCUT2D eigenvalue weighted by Crippen LogP contribution is 2.10. The van der Waals surface area contributed by atoms with Crippen LogP contribution in [-0.2, 0) is 4.79 Å². The summed E-state index contributed by atoms with van der Waals surface area (Å²) in [5.74, 6) is 4.59. The van der Waals surface area contributed by atoms with E-state index < -0.39 is 12.0 Å². The number of nitrogens with zero attached hydrogens (tertiary/aromatic N) is 2. The lowest BCUT2D eigenvalue weighted by atomic mass is 10.3. The van der Waals surface area contributed by atoms with Crippen molar-refractivity contribution in [1.29, 1.82) is 0 Å². The molecule has 0 aromatic carbocycles. The molecule has 5 nitrogen and oxygen atoms in total. The molecule has 0 radical (unpaired) electrons. The second-order valence-electron chi connectivity index (χ2n) is 2.63. The fourth-order valence-corrected chi connectivity index (χ4v) is 0.849. The first-order valence-corrected chi connectivity index (χ1v) is 3.79. The molecule has 70 valence electrons. The molecule has 0 spiro atoms. The third kappa shape index (κ3) is 2.16. The Balaban J connectivity index is 2.79. The zero-order valence-electron chi connectivity index (χ0n) is 7.21. The van der Waals surface area contributed by atoms with Gasteiger partial charge in [0.15, 0.2) is 0 Å². The molecule has 1 rings (SSSR count). The van der Waals surface area contributed by atoms with Crippen molar-refractivity contribution in [3.63, 3.8) is 0 Å². The molecule has 0 aliphatic rings. The van der Waals surface area contributed by atoms with Crippen LogP contribution >= 0.6 is 0 Å². The Labute approximate surface area is 75.8 Å². The van der Waals surface area contributed by atoms with Gasteiger partial charge in [-0.25, -0.2) is 10.6 Å². The predicted molar refractivity (Wildman–Crippen MR) is 48.0 cm³/mol. The average molecular weight is 181 g/mol. The van der Waals surface area contributed by atoms with Gasteiger partial charge in [0.05, 0.1) is 11.9 Å². The number of carbonyl (C=O) groups is 1. The Morgan fingerprint density at radius 1 is 1.77 bits per heavy atom. The summed E-state index contributed by atoms with van der Waals surface area (Å²) in [4.78, 5) is 14.4. The predicted octanol–water partition coefficient (Wildman–Crippen LogP) is 0.235. The van der Waals surface area contributed by atoms with Gasteiger partial charge in [-0.1, -0.05) is 0 Å². The molecular formula is C8H11N3O2. The normalized spacial score (nSPS) is 12.2. The van der Waals surface area contributed by atoms with Gasteiger partial charge >= 0.3 is 5.97 Å². The Kier molecular flexibility index (Phi) is 2.81. The molecule has 1 aromatic rings. The van der Waals surface area contributed by atoms with Gasteiger partial charge in [-0.05, 0) is 19.1 Å². The van der Waals surface area contributed by atoms with Crippen molar-refractivity contribution in [3.05, 3.63) is 24.5 Å². The van der Waals surface area contributed by atoms with E-state index in [0.29, 0.717) is 5.69 Å². The van der Waals surface area contributed by atoms with Crippen LogP contribution in [0.4, 0.5) is 5.69 Å². The number of hydrazine groups is 1. The molecule has 0 fully saturated rings. The van der Waals surface area contributed by atoms with Gasteiger partial charge in [-0.2, -0.15) is 0 Å². The minimum absolute atomic E-state index is 0.581. The number of hydrogen-bond acceptors (Lipinski definition) is 4. The van der Waals surface area contributed by atoms with Crippen molar-refractivity contribution in [2.75, 3.05) is 5.01 Å². The third-order valence-electron chi connectivity index (χ3n) is 1.72. The smallest absolute Gasteiger partial charge is 0.327 e. The van der Waals surface area contributed by atoms with Crippen LogP contribution in [0.15, 0.2) is 24.5 Å². The SMILES string of the molecule is C[C@@H](C(=O)O)N(N)c1cccnc1. The molecule has 0 bridgehead atoms. The summed E-state index contributed by atoms with van der Waals surface area (Å²) in [7, 11) is 0. The zero-order valence-corrected chi connectivity index (χ0v) is 7.21. The number of carboxylic acids is 1. The van der Waals surface area contributed by atoms with E-state index >= 15 is 0 Å². The Morgan fingerprint density at radius 3 is 2.92 bits per heavy atom. The van der Waals surface area contributed by atoms with Gasteiger partial charge in [0, 0.05) is 6.20 Å². The van der Waals surface area contributed by atoms with E-state index in [1.807, 2.05) is 0 Å². The van der Waals surface area contributed by atoms with Crippen LogP contribution < -0.4 is 10.9 Å². The monoisotopic (exact) mass is 181 g/mol. The molecule has 1 heterocycles. The second-order valence-corrected chi connectivity index (χ2v) is 2.63. The van der Waals surface area contributed by atoms with Crippen molar-refractivity contribution >= 4 is 11.7 Å². The van der Waals surface area contributed by atoms with Crippen LogP contribution in [-0.4, -0.2) is 22.1 Å². The largest absolute Gasteiger partial charge is 0.480 e.